The van der Waals surface area contributed by atoms with Gasteiger partial charge in [-0.05, 0) is 82.4 Å². The van der Waals surface area contributed by atoms with Gasteiger partial charge in [0.15, 0.2) is 0 Å². The molecule has 3 nitrogen and oxygen atoms in total. The van der Waals surface area contributed by atoms with E-state index in [1.165, 1.54) is 31.3 Å². The topological polar surface area (TPSA) is 29.5 Å². The predicted molar refractivity (Wildman–Crippen MR) is 245 cm³/mol. The molecule has 4 heteroatoms. The largest absolute Gasteiger partial charge is 0.456 e. The maximum Gasteiger partial charge on any atom is 0.144 e. The van der Waals surface area contributed by atoms with Gasteiger partial charge < -0.3 is 13.7 Å². The molecule has 0 atom stereocenters. The Labute approximate surface area is 338 Å². The smallest absolute Gasteiger partial charge is 0.144 e. The maximum absolute atomic E-state index is 7.14. The number of para-hydroxylation sites is 1. The highest BCUT2D eigenvalue weighted by molar-refractivity contribution is 7.26. The second kappa shape index (κ2) is 13.1. The molecule has 0 aliphatic rings. The summed E-state index contributed by atoms with van der Waals surface area (Å²) in [6, 6.07) is 71.2. The first kappa shape index (κ1) is 32.8. The van der Waals surface area contributed by atoms with E-state index in [1.54, 1.807) is 0 Å². The molecule has 0 fully saturated rings. The van der Waals surface area contributed by atoms with Gasteiger partial charge in [0.1, 0.15) is 22.3 Å². The molecule has 0 radical (unpaired) electrons. The second-order valence-corrected chi connectivity index (χ2v) is 15.9. The van der Waals surface area contributed by atoms with E-state index in [9.17, 15) is 0 Å². The Morgan fingerprint density at radius 2 is 0.966 bits per heavy atom. The van der Waals surface area contributed by atoms with Crippen molar-refractivity contribution in [1.82, 2.24) is 0 Å². The van der Waals surface area contributed by atoms with E-state index in [4.69, 9.17) is 8.83 Å². The van der Waals surface area contributed by atoms with Crippen LogP contribution in [0.3, 0.4) is 0 Å². The van der Waals surface area contributed by atoms with Crippen molar-refractivity contribution in [3.8, 4) is 33.4 Å². The zero-order chi connectivity index (χ0) is 38.2. The Hall–Kier alpha value is -7.40. The molecule has 0 unspecified atom stereocenters. The van der Waals surface area contributed by atoms with Crippen LogP contribution in [0.1, 0.15) is 0 Å². The molecule has 3 heterocycles. The molecule has 0 saturated carbocycles. The summed E-state index contributed by atoms with van der Waals surface area (Å²) in [5.41, 5.74) is 13.3. The molecule has 58 heavy (non-hydrogen) atoms. The third-order valence-corrected chi connectivity index (χ3v) is 12.6. The Bertz CT molecular complexity index is 3520. The summed E-state index contributed by atoms with van der Waals surface area (Å²) < 4.78 is 16.4. The monoisotopic (exact) mass is 759 g/mol. The molecule has 12 aromatic rings. The maximum atomic E-state index is 7.14. The first-order valence-corrected chi connectivity index (χ1v) is 20.4. The van der Waals surface area contributed by atoms with Crippen LogP contribution in [0.5, 0.6) is 0 Å². The fourth-order valence-corrected chi connectivity index (χ4v) is 10.1. The van der Waals surface area contributed by atoms with Crippen molar-refractivity contribution in [2.24, 2.45) is 0 Å². The normalized spacial score (nSPS) is 11.8. The summed E-state index contributed by atoms with van der Waals surface area (Å²) in [6.45, 7) is 0. The number of anilines is 3. The minimum Gasteiger partial charge on any atom is -0.456 e. The lowest BCUT2D eigenvalue weighted by Gasteiger charge is -2.27. The molecule has 272 valence electrons. The second-order valence-electron chi connectivity index (χ2n) is 14.8. The number of hydrogen-bond acceptors (Lipinski definition) is 4. The van der Waals surface area contributed by atoms with Crippen molar-refractivity contribution in [2.75, 3.05) is 4.90 Å². The van der Waals surface area contributed by atoms with Gasteiger partial charge in [-0.2, -0.15) is 0 Å². The molecule has 0 bridgehead atoms. The predicted octanol–water partition coefficient (Wildman–Crippen LogP) is 16.3. The molecule has 0 saturated heterocycles. The summed E-state index contributed by atoms with van der Waals surface area (Å²) in [5, 5.41) is 6.67. The van der Waals surface area contributed by atoms with E-state index in [-0.39, 0.29) is 0 Å². The minimum atomic E-state index is 0.817. The van der Waals surface area contributed by atoms with Crippen LogP contribution in [0.4, 0.5) is 17.1 Å². The molecule has 0 spiro atoms. The Morgan fingerprint density at radius 1 is 0.362 bits per heavy atom. The van der Waals surface area contributed by atoms with E-state index in [2.05, 4.69) is 199 Å². The highest BCUT2D eigenvalue weighted by Crippen LogP contribution is 2.51. The quantitative estimate of drug-likeness (QED) is 0.169. The lowest BCUT2D eigenvalue weighted by molar-refractivity contribution is 0.664. The average Bonchev–Trinajstić information content (AvgIpc) is 3.98. The summed E-state index contributed by atoms with van der Waals surface area (Å²) in [5.74, 6) is 0. The van der Waals surface area contributed by atoms with E-state index < -0.39 is 0 Å². The zero-order valence-electron chi connectivity index (χ0n) is 31.2. The van der Waals surface area contributed by atoms with Gasteiger partial charge in [0, 0.05) is 42.9 Å². The fraction of sp³-hybridized carbons (Fsp3) is 0. The van der Waals surface area contributed by atoms with Crippen molar-refractivity contribution >= 4 is 92.4 Å². The van der Waals surface area contributed by atoms with Crippen molar-refractivity contribution in [3.63, 3.8) is 0 Å². The highest BCUT2D eigenvalue weighted by atomic mass is 32.1. The van der Waals surface area contributed by atoms with Crippen LogP contribution in [0.15, 0.2) is 209 Å². The van der Waals surface area contributed by atoms with E-state index in [0.717, 1.165) is 83.2 Å². The van der Waals surface area contributed by atoms with Crippen LogP contribution in [-0.2, 0) is 0 Å². The van der Waals surface area contributed by atoms with Crippen LogP contribution in [0.25, 0.3) is 97.4 Å². The van der Waals surface area contributed by atoms with Gasteiger partial charge in [-0.25, -0.2) is 0 Å². The third-order valence-electron chi connectivity index (χ3n) is 11.4. The zero-order valence-corrected chi connectivity index (χ0v) is 32.0. The van der Waals surface area contributed by atoms with Crippen LogP contribution >= 0.6 is 11.3 Å². The van der Waals surface area contributed by atoms with Gasteiger partial charge in [-0.3, -0.25) is 0 Å². The number of hydrogen-bond donors (Lipinski definition) is 0. The molecule has 0 amide bonds. The van der Waals surface area contributed by atoms with Gasteiger partial charge in [-0.1, -0.05) is 146 Å². The molecule has 0 N–H and O–H groups in total. The van der Waals surface area contributed by atoms with Crippen LogP contribution in [-0.4, -0.2) is 0 Å². The first-order valence-electron chi connectivity index (χ1n) is 19.6. The van der Waals surface area contributed by atoms with E-state index >= 15 is 0 Å². The van der Waals surface area contributed by atoms with Crippen LogP contribution in [0.2, 0.25) is 0 Å². The van der Waals surface area contributed by atoms with Gasteiger partial charge >= 0.3 is 0 Å². The van der Waals surface area contributed by atoms with Crippen molar-refractivity contribution < 1.29 is 8.83 Å². The fourth-order valence-electron chi connectivity index (χ4n) is 8.86. The number of furan rings is 2. The standard InChI is InChI=1S/C54H33NO2S/c1-3-15-34(16-4-1)36-19-11-21-38(31-36)50-52-42-24-7-9-28-46(42)56-48(52)33-43-51-44(26-14-29-47(51)57-53(43)50)55(39-22-12-20-37(32-39)35-17-5-2-6-18-35)45-27-13-25-41-40-23-8-10-30-49(40)58-54(41)45/h1-33H. The lowest BCUT2D eigenvalue weighted by Crippen LogP contribution is -2.10. The first-order chi connectivity index (χ1) is 28.8. The lowest BCUT2D eigenvalue weighted by atomic mass is 9.94. The molecule has 12 rings (SSSR count). The highest BCUT2D eigenvalue weighted by Gasteiger charge is 2.26. The van der Waals surface area contributed by atoms with Crippen molar-refractivity contribution in [1.29, 1.82) is 0 Å². The Balaban J connectivity index is 1.18. The third kappa shape index (κ3) is 5.12. The molecular weight excluding hydrogens is 727 g/mol. The van der Waals surface area contributed by atoms with Gasteiger partial charge in [-0.15, -0.1) is 11.3 Å². The molecular formula is C54H33NO2S. The number of rotatable bonds is 6. The minimum absolute atomic E-state index is 0.817. The van der Waals surface area contributed by atoms with Gasteiger partial charge in [0.2, 0.25) is 0 Å². The van der Waals surface area contributed by atoms with Crippen LogP contribution < -0.4 is 4.90 Å². The number of nitrogens with zero attached hydrogens (tertiary/aromatic N) is 1. The Kier molecular flexibility index (Phi) is 7.40. The summed E-state index contributed by atoms with van der Waals surface area (Å²) in [4.78, 5) is 2.43. The summed E-state index contributed by atoms with van der Waals surface area (Å²) in [7, 11) is 0. The SMILES string of the molecule is c1ccc(-c2cccc(-c3c4oc5cccc(N(c6cccc(-c7ccccc7)c6)c6cccc7c6sc6ccccc67)c5c4cc4oc5ccccc5c34)c2)cc1. The molecule has 0 aliphatic heterocycles. The van der Waals surface area contributed by atoms with Crippen molar-refractivity contribution in [3.05, 3.63) is 200 Å². The van der Waals surface area contributed by atoms with Crippen molar-refractivity contribution in [2.45, 2.75) is 0 Å². The summed E-state index contributed by atoms with van der Waals surface area (Å²) >= 11 is 1.84. The Morgan fingerprint density at radius 3 is 1.79 bits per heavy atom. The number of benzene rings is 9. The average molecular weight is 760 g/mol. The summed E-state index contributed by atoms with van der Waals surface area (Å²) in [6.07, 6.45) is 0. The number of thiophene rings is 1. The molecule has 3 aromatic heterocycles. The van der Waals surface area contributed by atoms with E-state index in [0.29, 0.717) is 0 Å². The molecule has 0 aliphatic carbocycles. The van der Waals surface area contributed by atoms with Gasteiger partial charge in [0.05, 0.1) is 21.5 Å². The van der Waals surface area contributed by atoms with Gasteiger partial charge in [0.25, 0.3) is 0 Å². The molecule has 9 aromatic carbocycles. The van der Waals surface area contributed by atoms with Crippen LogP contribution in [0, 0.1) is 0 Å². The number of fused-ring (bicyclic) bond motifs is 9. The van der Waals surface area contributed by atoms with E-state index in [1.807, 2.05) is 17.4 Å².